The van der Waals surface area contributed by atoms with Gasteiger partial charge in [0, 0.05) is 48.2 Å². The highest BCUT2D eigenvalue weighted by Gasteiger charge is 2.06. The van der Waals surface area contributed by atoms with Gasteiger partial charge in [0.1, 0.15) is 11.6 Å². The minimum atomic E-state index is 0.442. The van der Waals surface area contributed by atoms with Crippen LogP contribution in [0.2, 0.25) is 0 Å². The summed E-state index contributed by atoms with van der Waals surface area (Å²) in [5.74, 6) is 2.13. The Morgan fingerprint density at radius 2 is 1.76 bits per heavy atom. The van der Waals surface area contributed by atoms with Crippen LogP contribution in [0.15, 0.2) is 78.0 Å². The number of benzene rings is 2. The van der Waals surface area contributed by atoms with E-state index in [1.807, 2.05) is 42.6 Å². The van der Waals surface area contributed by atoms with E-state index in [1.165, 1.54) is 4.90 Å². The fourth-order valence-corrected chi connectivity index (χ4v) is 3.62. The molecule has 5 N–H and O–H groups in total. The van der Waals surface area contributed by atoms with Crippen LogP contribution in [-0.2, 0) is 6.54 Å². The Bertz CT molecular complexity index is 1000. The Hall–Kier alpha value is -3.32. The van der Waals surface area contributed by atoms with Gasteiger partial charge in [0.05, 0.1) is 12.8 Å². The fraction of sp³-hybridized carbons (Fsp3) is 0.269. The molecule has 3 aromatic rings. The van der Waals surface area contributed by atoms with E-state index in [1.54, 1.807) is 25.1 Å². The molecule has 2 aromatic carbocycles. The molecule has 0 saturated carbocycles. The second-order valence-electron chi connectivity index (χ2n) is 7.81. The van der Waals surface area contributed by atoms with Gasteiger partial charge in [0.25, 0.3) is 0 Å². The van der Waals surface area contributed by atoms with E-state index in [9.17, 15) is 0 Å². The zero-order valence-electron chi connectivity index (χ0n) is 19.5. The van der Waals surface area contributed by atoms with E-state index in [0.717, 1.165) is 47.2 Å². The van der Waals surface area contributed by atoms with Gasteiger partial charge in [0.15, 0.2) is 0 Å². The predicted octanol–water partition coefficient (Wildman–Crippen LogP) is 5.02. The van der Waals surface area contributed by atoms with E-state index in [2.05, 4.69) is 58.4 Å². The molecule has 1 aromatic heterocycles. The minimum absolute atomic E-state index is 0.442. The average molecular weight is 464 g/mol. The topological polar surface area (TPSA) is 84.2 Å². The van der Waals surface area contributed by atoms with Crippen molar-refractivity contribution in [1.29, 1.82) is 0 Å². The summed E-state index contributed by atoms with van der Waals surface area (Å²) >= 11 is 1.75. The van der Waals surface area contributed by atoms with Crippen LogP contribution in [0.3, 0.4) is 0 Å². The molecule has 0 saturated heterocycles. The number of nitrogens with two attached hydrogens (primary N) is 1. The van der Waals surface area contributed by atoms with Crippen LogP contribution >= 0.6 is 11.8 Å². The number of rotatable bonds is 12. The normalized spacial score (nSPS) is 12.2. The van der Waals surface area contributed by atoms with Crippen molar-refractivity contribution in [2.24, 2.45) is 11.7 Å². The van der Waals surface area contributed by atoms with Crippen LogP contribution in [0.5, 0.6) is 5.75 Å². The van der Waals surface area contributed by atoms with E-state index in [-0.39, 0.29) is 0 Å². The highest BCUT2D eigenvalue weighted by Crippen LogP contribution is 2.18. The molecule has 1 heterocycles. The van der Waals surface area contributed by atoms with Crippen molar-refractivity contribution in [2.75, 3.05) is 37.1 Å². The van der Waals surface area contributed by atoms with Crippen molar-refractivity contribution in [3.05, 3.63) is 84.2 Å². The molecule has 0 amide bonds. The monoisotopic (exact) mass is 463 g/mol. The van der Waals surface area contributed by atoms with Crippen LogP contribution in [0.4, 0.5) is 11.5 Å². The second-order valence-corrected chi connectivity index (χ2v) is 8.69. The number of nitrogens with one attached hydrogen (secondary N) is 3. The first-order chi connectivity index (χ1) is 16.1. The minimum Gasteiger partial charge on any atom is -0.497 e. The zero-order chi connectivity index (χ0) is 23.5. The maximum absolute atomic E-state index is 5.85. The molecule has 1 atom stereocenters. The fourth-order valence-electron chi connectivity index (χ4n) is 3.21. The third-order valence-electron chi connectivity index (χ3n) is 5.26. The van der Waals surface area contributed by atoms with Crippen molar-refractivity contribution >= 4 is 29.0 Å². The summed E-state index contributed by atoms with van der Waals surface area (Å²) in [5.41, 5.74) is 9.93. The summed E-state index contributed by atoms with van der Waals surface area (Å²) < 4.78 is 5.20. The predicted molar refractivity (Wildman–Crippen MR) is 141 cm³/mol. The van der Waals surface area contributed by atoms with Gasteiger partial charge in [-0.3, -0.25) is 0 Å². The molecule has 1 unspecified atom stereocenters. The molecule has 3 rings (SSSR count). The molecule has 0 radical (unpaired) electrons. The first-order valence-corrected chi connectivity index (χ1v) is 12.2. The van der Waals surface area contributed by atoms with Gasteiger partial charge in [-0.2, -0.15) is 0 Å². The summed E-state index contributed by atoms with van der Waals surface area (Å²) in [7, 11) is 1.66. The number of nitrogens with zero attached hydrogens (tertiary/aromatic N) is 1. The summed E-state index contributed by atoms with van der Waals surface area (Å²) in [6.07, 6.45) is 5.49. The highest BCUT2D eigenvalue weighted by atomic mass is 32.2. The lowest BCUT2D eigenvalue weighted by Gasteiger charge is -2.16. The Labute approximate surface area is 201 Å². The number of pyridine rings is 1. The van der Waals surface area contributed by atoms with Crippen molar-refractivity contribution in [3.63, 3.8) is 0 Å². The van der Waals surface area contributed by atoms with Crippen LogP contribution in [-0.4, -0.2) is 31.4 Å². The van der Waals surface area contributed by atoms with Gasteiger partial charge in [-0.25, -0.2) is 4.98 Å². The molecule has 0 spiro atoms. The molecular weight excluding hydrogens is 430 g/mol. The number of hydrogen-bond donors (Lipinski definition) is 4. The van der Waals surface area contributed by atoms with Crippen molar-refractivity contribution in [3.8, 4) is 5.75 Å². The van der Waals surface area contributed by atoms with E-state index >= 15 is 0 Å². The lowest BCUT2D eigenvalue weighted by molar-refractivity contribution is 0.414. The summed E-state index contributed by atoms with van der Waals surface area (Å²) in [5, 5.41) is 10.3. The average Bonchev–Trinajstić information content (AvgIpc) is 2.88. The largest absolute Gasteiger partial charge is 0.497 e. The molecule has 0 bridgehead atoms. The smallest absolute Gasteiger partial charge is 0.125 e. The lowest BCUT2D eigenvalue weighted by atomic mass is 10.1. The SMILES string of the molecule is COc1ccc(CN/C(=C\N)c2ccc(NCC(C)CNc3ccc(SC)cc3)nc2)cc1. The van der Waals surface area contributed by atoms with Crippen LogP contribution < -0.4 is 26.4 Å². The Morgan fingerprint density at radius 3 is 2.36 bits per heavy atom. The van der Waals surface area contributed by atoms with Gasteiger partial charge >= 0.3 is 0 Å². The maximum atomic E-state index is 5.85. The molecule has 0 aliphatic rings. The summed E-state index contributed by atoms with van der Waals surface area (Å²) in [4.78, 5) is 5.82. The molecule has 174 valence electrons. The quantitative estimate of drug-likeness (QED) is 0.281. The van der Waals surface area contributed by atoms with Gasteiger partial charge in [-0.15, -0.1) is 11.8 Å². The van der Waals surface area contributed by atoms with Crippen molar-refractivity contribution < 1.29 is 4.74 Å². The second kappa shape index (κ2) is 12.6. The number of methoxy groups -OCH3 is 1. The lowest BCUT2D eigenvalue weighted by Crippen LogP contribution is -2.20. The van der Waals surface area contributed by atoms with E-state index in [4.69, 9.17) is 10.5 Å². The van der Waals surface area contributed by atoms with Crippen molar-refractivity contribution in [1.82, 2.24) is 10.3 Å². The molecule has 33 heavy (non-hydrogen) atoms. The maximum Gasteiger partial charge on any atom is 0.125 e. The number of hydrogen-bond acceptors (Lipinski definition) is 7. The van der Waals surface area contributed by atoms with Crippen LogP contribution in [0.25, 0.3) is 5.70 Å². The molecular formula is C26H33N5OS. The zero-order valence-corrected chi connectivity index (χ0v) is 20.3. The Kier molecular flexibility index (Phi) is 9.32. The molecule has 0 aliphatic heterocycles. The number of thioether (sulfide) groups is 1. The molecule has 0 fully saturated rings. The number of aromatic nitrogens is 1. The standard InChI is InChI=1S/C26H33N5OS/c1-19(15-28-22-7-11-24(33-3)12-8-22)16-30-26-13-6-21(18-31-26)25(14-27)29-17-20-4-9-23(32-2)10-5-20/h4-14,18-19,28-29H,15-17,27H2,1-3H3,(H,30,31)/b25-14-. The van der Waals surface area contributed by atoms with Gasteiger partial charge < -0.3 is 26.4 Å². The number of anilines is 2. The molecule has 6 nitrogen and oxygen atoms in total. The Balaban J connectivity index is 1.44. The Morgan fingerprint density at radius 1 is 1.03 bits per heavy atom. The van der Waals surface area contributed by atoms with E-state index < -0.39 is 0 Å². The summed E-state index contributed by atoms with van der Waals surface area (Å²) in [6, 6.07) is 20.5. The number of ether oxygens (including phenoxy) is 1. The van der Waals surface area contributed by atoms with Crippen LogP contribution in [0.1, 0.15) is 18.1 Å². The van der Waals surface area contributed by atoms with Gasteiger partial charge in [-0.05, 0) is 66.3 Å². The third kappa shape index (κ3) is 7.64. The van der Waals surface area contributed by atoms with Crippen molar-refractivity contribution in [2.45, 2.75) is 18.4 Å². The third-order valence-corrected chi connectivity index (χ3v) is 6.00. The van der Waals surface area contributed by atoms with E-state index in [0.29, 0.717) is 12.5 Å². The molecule has 0 aliphatic carbocycles. The highest BCUT2D eigenvalue weighted by molar-refractivity contribution is 7.98. The first kappa shape index (κ1) is 24.3. The summed E-state index contributed by atoms with van der Waals surface area (Å²) in [6.45, 7) is 4.59. The van der Waals surface area contributed by atoms with Gasteiger partial charge in [-0.1, -0.05) is 19.1 Å². The first-order valence-electron chi connectivity index (χ1n) is 11.0. The van der Waals surface area contributed by atoms with Gasteiger partial charge in [0.2, 0.25) is 0 Å². The van der Waals surface area contributed by atoms with Crippen LogP contribution in [0, 0.1) is 5.92 Å². The molecule has 7 heteroatoms.